The summed E-state index contributed by atoms with van der Waals surface area (Å²) in [4.78, 5) is 62.9. The standard InChI is InChI=1S/C22H21Cl3N2O10/c1-9(28)33-8-14-16(34-10(2)29)17(35-11(3)30)15(20(36-14)37-21(26)22(23,24)25)27-18(31)12-6-4-5-7-13(12)19(27)32/h4-7,14-17,20,26H,8H2,1-3H3/t14-,15-,16+,17-,20?/m1/s1. The number of carbonyl (C=O) groups excluding carboxylic acids is 5. The first-order chi connectivity index (χ1) is 17.2. The second kappa shape index (κ2) is 11.2. The van der Waals surface area contributed by atoms with E-state index in [0.29, 0.717) is 4.90 Å². The average molecular weight is 580 g/mol. The van der Waals surface area contributed by atoms with Crippen LogP contribution < -0.4 is 0 Å². The molecular weight excluding hydrogens is 559 g/mol. The van der Waals surface area contributed by atoms with Gasteiger partial charge in [-0.25, -0.2) is 0 Å². The number of hydrogen-bond acceptors (Lipinski definition) is 11. The Kier molecular flexibility index (Phi) is 8.68. The Morgan fingerprint density at radius 1 is 0.919 bits per heavy atom. The number of nitrogens with zero attached hydrogens (tertiary/aromatic N) is 1. The smallest absolute Gasteiger partial charge is 0.303 e. The minimum Gasteiger partial charge on any atom is -0.463 e. The molecular formula is C22H21Cl3N2O10. The number of imide groups is 1. The number of carbonyl (C=O) groups is 5. The second-order valence-electron chi connectivity index (χ2n) is 7.95. The molecule has 15 heteroatoms. The maximum atomic E-state index is 13.3. The van der Waals surface area contributed by atoms with E-state index in [1.807, 2.05) is 0 Å². The van der Waals surface area contributed by atoms with Gasteiger partial charge in [-0.05, 0) is 12.1 Å². The van der Waals surface area contributed by atoms with Gasteiger partial charge in [0.2, 0.25) is 12.2 Å². The van der Waals surface area contributed by atoms with E-state index in [2.05, 4.69) is 0 Å². The first-order valence-electron chi connectivity index (χ1n) is 10.6. The van der Waals surface area contributed by atoms with E-state index in [1.54, 1.807) is 0 Å². The minimum absolute atomic E-state index is 0.0374. The quantitative estimate of drug-likeness (QED) is 0.132. The molecule has 0 spiro atoms. The van der Waals surface area contributed by atoms with Crippen LogP contribution in [0.1, 0.15) is 41.5 Å². The molecule has 1 aromatic carbocycles. The molecule has 2 heterocycles. The van der Waals surface area contributed by atoms with Crippen LogP contribution in [0.4, 0.5) is 0 Å². The zero-order valence-electron chi connectivity index (χ0n) is 19.6. The summed E-state index contributed by atoms with van der Waals surface area (Å²) in [7, 11) is 0. The van der Waals surface area contributed by atoms with Gasteiger partial charge < -0.3 is 23.7 Å². The highest BCUT2D eigenvalue weighted by molar-refractivity contribution is 6.76. The number of ether oxygens (including phenoxy) is 5. The lowest BCUT2D eigenvalue weighted by atomic mass is 9.94. The van der Waals surface area contributed by atoms with E-state index in [9.17, 15) is 24.0 Å². The largest absolute Gasteiger partial charge is 0.463 e. The fraction of sp³-hybridized carbons (Fsp3) is 0.455. The monoisotopic (exact) mass is 578 g/mol. The lowest BCUT2D eigenvalue weighted by Gasteiger charge is -2.47. The van der Waals surface area contributed by atoms with Gasteiger partial charge in [-0.1, -0.05) is 46.9 Å². The molecule has 5 atom stereocenters. The molecule has 1 N–H and O–H groups in total. The molecule has 1 unspecified atom stereocenters. The molecule has 0 bridgehead atoms. The highest BCUT2D eigenvalue weighted by atomic mass is 35.6. The minimum atomic E-state index is -2.38. The Morgan fingerprint density at radius 3 is 1.89 bits per heavy atom. The predicted molar refractivity (Wildman–Crippen MR) is 126 cm³/mol. The normalized spacial score (nSPS) is 25.2. The molecule has 37 heavy (non-hydrogen) atoms. The summed E-state index contributed by atoms with van der Waals surface area (Å²) in [5.74, 6) is -5.01. The Bertz CT molecular complexity index is 1100. The van der Waals surface area contributed by atoms with E-state index in [0.717, 1.165) is 20.8 Å². The third-order valence-electron chi connectivity index (χ3n) is 5.28. The molecule has 200 valence electrons. The van der Waals surface area contributed by atoms with Crippen LogP contribution in [-0.2, 0) is 38.1 Å². The molecule has 3 rings (SSSR count). The number of hydrogen-bond donors (Lipinski definition) is 1. The van der Waals surface area contributed by atoms with Crippen LogP contribution in [0.15, 0.2) is 24.3 Å². The molecule has 1 aromatic rings. The Hall–Kier alpha value is -2.93. The lowest BCUT2D eigenvalue weighted by Crippen LogP contribution is -2.68. The molecule has 0 aliphatic carbocycles. The van der Waals surface area contributed by atoms with Crippen molar-refractivity contribution in [1.82, 2.24) is 4.90 Å². The Balaban J connectivity index is 2.14. The summed E-state index contributed by atoms with van der Waals surface area (Å²) in [6, 6.07) is 4.26. The maximum absolute atomic E-state index is 13.3. The van der Waals surface area contributed by atoms with Crippen LogP contribution in [0.3, 0.4) is 0 Å². The van der Waals surface area contributed by atoms with Gasteiger partial charge in [0.15, 0.2) is 12.2 Å². The van der Waals surface area contributed by atoms with Crippen molar-refractivity contribution in [2.24, 2.45) is 0 Å². The Labute approximate surface area is 225 Å². The molecule has 0 saturated carbocycles. The summed E-state index contributed by atoms with van der Waals surface area (Å²) >= 11 is 17.3. The number of amides is 2. The van der Waals surface area contributed by atoms with Crippen molar-refractivity contribution in [3.8, 4) is 0 Å². The van der Waals surface area contributed by atoms with Gasteiger partial charge in [0, 0.05) is 20.8 Å². The first kappa shape index (κ1) is 28.6. The number of esters is 3. The fourth-order valence-electron chi connectivity index (χ4n) is 3.92. The van der Waals surface area contributed by atoms with Crippen molar-refractivity contribution >= 4 is 70.4 Å². The number of benzene rings is 1. The van der Waals surface area contributed by atoms with Gasteiger partial charge in [-0.15, -0.1) is 0 Å². The fourth-order valence-corrected chi connectivity index (χ4v) is 4.05. The average Bonchev–Trinajstić information content (AvgIpc) is 3.03. The van der Waals surface area contributed by atoms with E-state index < -0.39 is 76.7 Å². The van der Waals surface area contributed by atoms with Crippen molar-refractivity contribution in [1.29, 1.82) is 5.41 Å². The van der Waals surface area contributed by atoms with Crippen molar-refractivity contribution in [3.63, 3.8) is 0 Å². The van der Waals surface area contributed by atoms with Gasteiger partial charge in [0.25, 0.3) is 15.6 Å². The van der Waals surface area contributed by atoms with E-state index in [1.165, 1.54) is 24.3 Å². The van der Waals surface area contributed by atoms with Crippen molar-refractivity contribution in [2.75, 3.05) is 6.61 Å². The molecule has 1 saturated heterocycles. The van der Waals surface area contributed by atoms with Crippen LogP contribution in [0.5, 0.6) is 0 Å². The van der Waals surface area contributed by atoms with Crippen LogP contribution in [0, 0.1) is 5.41 Å². The number of rotatable bonds is 6. The van der Waals surface area contributed by atoms with E-state index in [4.69, 9.17) is 63.9 Å². The number of fused-ring (bicyclic) bond motifs is 1. The van der Waals surface area contributed by atoms with Gasteiger partial charge in [0.1, 0.15) is 18.8 Å². The summed E-state index contributed by atoms with van der Waals surface area (Å²) in [6.45, 7) is 2.69. The number of nitrogens with one attached hydrogen (secondary N) is 1. The number of alkyl halides is 3. The van der Waals surface area contributed by atoms with Crippen molar-refractivity contribution < 1.29 is 47.7 Å². The van der Waals surface area contributed by atoms with Crippen LogP contribution >= 0.6 is 34.8 Å². The highest BCUT2D eigenvalue weighted by Crippen LogP contribution is 2.37. The highest BCUT2D eigenvalue weighted by Gasteiger charge is 2.58. The van der Waals surface area contributed by atoms with Gasteiger partial charge >= 0.3 is 17.9 Å². The van der Waals surface area contributed by atoms with Gasteiger partial charge in [0.05, 0.1) is 11.1 Å². The molecule has 1 fully saturated rings. The van der Waals surface area contributed by atoms with Crippen molar-refractivity contribution in [2.45, 2.75) is 55.2 Å². The van der Waals surface area contributed by atoms with Crippen LogP contribution in [0.2, 0.25) is 0 Å². The summed E-state index contributed by atoms with van der Waals surface area (Å²) in [5.41, 5.74) is 0.0747. The summed E-state index contributed by atoms with van der Waals surface area (Å²) in [5, 5.41) is 8.01. The topological polar surface area (TPSA) is 159 Å². The van der Waals surface area contributed by atoms with Crippen LogP contribution in [0.25, 0.3) is 0 Å². The van der Waals surface area contributed by atoms with E-state index >= 15 is 0 Å². The third-order valence-corrected chi connectivity index (χ3v) is 5.80. The van der Waals surface area contributed by atoms with Gasteiger partial charge in [-0.2, -0.15) is 0 Å². The zero-order valence-corrected chi connectivity index (χ0v) is 21.8. The predicted octanol–water partition coefficient (Wildman–Crippen LogP) is 2.17. The molecule has 0 aromatic heterocycles. The zero-order chi connectivity index (χ0) is 27.7. The second-order valence-corrected chi connectivity index (χ2v) is 10.2. The SMILES string of the molecule is CC(=O)OC[C@H]1OC(OC(=N)C(Cl)(Cl)Cl)[C@H](N2C(=O)c3ccccc3C2=O)[C@@H](OC(C)=O)[C@H]1OC(C)=O. The summed E-state index contributed by atoms with van der Waals surface area (Å²) in [6.07, 6.45) is -6.23. The van der Waals surface area contributed by atoms with E-state index in [-0.39, 0.29) is 11.1 Å². The molecule has 2 aliphatic rings. The Morgan fingerprint density at radius 2 is 1.43 bits per heavy atom. The summed E-state index contributed by atoms with van der Waals surface area (Å²) < 4.78 is 24.6. The maximum Gasteiger partial charge on any atom is 0.303 e. The first-order valence-corrected chi connectivity index (χ1v) is 11.8. The molecule has 2 aliphatic heterocycles. The number of halogens is 3. The third kappa shape index (κ3) is 6.32. The molecule has 2 amide bonds. The van der Waals surface area contributed by atoms with Crippen molar-refractivity contribution in [3.05, 3.63) is 35.4 Å². The van der Waals surface area contributed by atoms with Crippen LogP contribution in [-0.4, -0.2) is 81.6 Å². The molecule has 12 nitrogen and oxygen atoms in total. The van der Waals surface area contributed by atoms with Gasteiger partial charge in [-0.3, -0.25) is 34.3 Å². The molecule has 0 radical (unpaired) electrons. The lowest BCUT2D eigenvalue weighted by molar-refractivity contribution is -0.268.